The summed E-state index contributed by atoms with van der Waals surface area (Å²) >= 11 is 0. The number of methoxy groups -OCH3 is 1. The quantitative estimate of drug-likeness (QED) is 0.764. The Morgan fingerprint density at radius 1 is 1.14 bits per heavy atom. The maximum Gasteiger partial charge on any atom is 0.120 e. The molecule has 4 nitrogen and oxygen atoms in total. The Morgan fingerprint density at radius 2 is 1.86 bits per heavy atom. The van der Waals surface area contributed by atoms with Crippen LogP contribution in [0.2, 0.25) is 0 Å². The van der Waals surface area contributed by atoms with Gasteiger partial charge >= 0.3 is 0 Å². The number of benzene rings is 2. The van der Waals surface area contributed by atoms with Crippen molar-refractivity contribution in [1.82, 2.24) is 5.32 Å². The number of ether oxygens (including phenoxy) is 1. The first-order valence-corrected chi connectivity index (χ1v) is 6.95. The Morgan fingerprint density at radius 3 is 2.52 bits per heavy atom. The Labute approximate surface area is 125 Å². The number of aliphatic hydroxyl groups is 1. The van der Waals surface area contributed by atoms with Gasteiger partial charge in [-0.2, -0.15) is 0 Å². The van der Waals surface area contributed by atoms with Crippen molar-refractivity contribution in [2.24, 2.45) is 0 Å². The smallest absolute Gasteiger partial charge is 0.120 e. The van der Waals surface area contributed by atoms with Gasteiger partial charge in [-0.3, -0.25) is 0 Å². The van der Waals surface area contributed by atoms with E-state index in [4.69, 9.17) is 4.74 Å². The molecule has 0 aliphatic heterocycles. The van der Waals surface area contributed by atoms with Gasteiger partial charge in [-0.1, -0.05) is 30.3 Å². The lowest BCUT2D eigenvalue weighted by atomic mass is 10.1. The maximum absolute atomic E-state index is 10.1. The minimum absolute atomic E-state index is 0.0986. The zero-order chi connectivity index (χ0) is 15.2. The van der Waals surface area contributed by atoms with Gasteiger partial charge in [-0.25, -0.2) is 0 Å². The molecule has 112 valence electrons. The van der Waals surface area contributed by atoms with Gasteiger partial charge < -0.3 is 20.3 Å². The van der Waals surface area contributed by atoms with Crippen molar-refractivity contribution < 1.29 is 14.9 Å². The summed E-state index contributed by atoms with van der Waals surface area (Å²) in [6.07, 6.45) is -0.582. The lowest BCUT2D eigenvalue weighted by Crippen LogP contribution is -2.24. The molecule has 2 unspecified atom stereocenters. The SMILES string of the molecule is COc1ccc(O)c(C(C)NCC(O)c2ccccc2)c1. The molecule has 0 aliphatic carbocycles. The summed E-state index contributed by atoms with van der Waals surface area (Å²) < 4.78 is 5.17. The molecule has 2 atom stereocenters. The molecule has 4 heteroatoms. The van der Waals surface area contributed by atoms with Crippen molar-refractivity contribution in [2.75, 3.05) is 13.7 Å². The van der Waals surface area contributed by atoms with Gasteiger partial charge in [-0.05, 0) is 30.7 Å². The van der Waals surface area contributed by atoms with E-state index in [1.54, 1.807) is 25.3 Å². The molecule has 0 amide bonds. The molecule has 0 aliphatic rings. The van der Waals surface area contributed by atoms with Crippen molar-refractivity contribution in [3.05, 3.63) is 59.7 Å². The third kappa shape index (κ3) is 3.97. The first kappa shape index (κ1) is 15.4. The van der Waals surface area contributed by atoms with Crippen molar-refractivity contribution in [1.29, 1.82) is 0 Å². The van der Waals surface area contributed by atoms with E-state index in [1.165, 1.54) is 0 Å². The molecule has 2 aromatic rings. The summed E-state index contributed by atoms with van der Waals surface area (Å²) in [7, 11) is 1.59. The van der Waals surface area contributed by atoms with E-state index in [2.05, 4.69) is 5.32 Å². The van der Waals surface area contributed by atoms with Crippen LogP contribution in [0.5, 0.6) is 11.5 Å². The molecular formula is C17H21NO3. The highest BCUT2D eigenvalue weighted by Crippen LogP contribution is 2.28. The van der Waals surface area contributed by atoms with Crippen LogP contribution >= 0.6 is 0 Å². The second kappa shape index (κ2) is 7.11. The van der Waals surface area contributed by atoms with Crippen LogP contribution in [0.4, 0.5) is 0 Å². The molecule has 0 fully saturated rings. The van der Waals surface area contributed by atoms with Crippen LogP contribution < -0.4 is 10.1 Å². The Kier molecular flexibility index (Phi) is 5.20. The summed E-state index contributed by atoms with van der Waals surface area (Å²) in [5.41, 5.74) is 1.61. The van der Waals surface area contributed by atoms with Crippen LogP contribution in [-0.4, -0.2) is 23.9 Å². The van der Waals surface area contributed by atoms with Crippen LogP contribution in [-0.2, 0) is 0 Å². The number of hydrogen-bond acceptors (Lipinski definition) is 4. The summed E-state index contributed by atoms with van der Waals surface area (Å²) in [5.74, 6) is 0.907. The number of phenols is 1. The lowest BCUT2D eigenvalue weighted by Gasteiger charge is -2.19. The average Bonchev–Trinajstić information content (AvgIpc) is 2.53. The Balaban J connectivity index is 2.00. The molecule has 0 aromatic heterocycles. The first-order valence-electron chi connectivity index (χ1n) is 6.95. The predicted octanol–water partition coefficient (Wildman–Crippen LogP) is 2.79. The number of nitrogens with one attached hydrogen (secondary N) is 1. The van der Waals surface area contributed by atoms with Crippen LogP contribution in [0.1, 0.15) is 30.2 Å². The third-order valence-corrected chi connectivity index (χ3v) is 3.50. The highest BCUT2D eigenvalue weighted by Gasteiger charge is 2.14. The van der Waals surface area contributed by atoms with Crippen LogP contribution in [0.3, 0.4) is 0 Å². The molecule has 0 spiro atoms. The second-order valence-electron chi connectivity index (χ2n) is 4.98. The van der Waals surface area contributed by atoms with Gasteiger partial charge in [0.25, 0.3) is 0 Å². The number of aromatic hydroxyl groups is 1. The van der Waals surface area contributed by atoms with Gasteiger partial charge in [-0.15, -0.1) is 0 Å². The van der Waals surface area contributed by atoms with Crippen LogP contribution in [0, 0.1) is 0 Å². The normalized spacial score (nSPS) is 13.7. The Hall–Kier alpha value is -2.04. The molecule has 0 heterocycles. The van der Waals surface area contributed by atoms with Crippen LogP contribution in [0.25, 0.3) is 0 Å². The molecule has 2 rings (SSSR count). The molecule has 0 radical (unpaired) electrons. The van der Waals surface area contributed by atoms with Gasteiger partial charge in [0.2, 0.25) is 0 Å². The van der Waals surface area contributed by atoms with E-state index in [0.29, 0.717) is 12.3 Å². The zero-order valence-corrected chi connectivity index (χ0v) is 12.3. The standard InChI is InChI=1S/C17H21NO3/c1-12(15-10-14(21-2)8-9-16(15)19)18-11-17(20)13-6-4-3-5-7-13/h3-10,12,17-20H,11H2,1-2H3. The van der Waals surface area contributed by atoms with Crippen molar-refractivity contribution in [3.8, 4) is 11.5 Å². The summed E-state index contributed by atoms with van der Waals surface area (Å²) in [5, 5.41) is 23.3. The number of rotatable bonds is 6. The number of aliphatic hydroxyl groups excluding tert-OH is 1. The molecule has 21 heavy (non-hydrogen) atoms. The van der Waals surface area contributed by atoms with E-state index in [1.807, 2.05) is 37.3 Å². The fourth-order valence-electron chi connectivity index (χ4n) is 2.20. The summed E-state index contributed by atoms with van der Waals surface area (Å²) in [6, 6.07) is 14.5. The van der Waals surface area contributed by atoms with Gasteiger partial charge in [0.1, 0.15) is 11.5 Å². The number of hydrogen-bond donors (Lipinski definition) is 3. The topological polar surface area (TPSA) is 61.7 Å². The van der Waals surface area contributed by atoms with Crippen molar-refractivity contribution in [3.63, 3.8) is 0 Å². The zero-order valence-electron chi connectivity index (χ0n) is 12.3. The van der Waals surface area contributed by atoms with E-state index in [-0.39, 0.29) is 11.8 Å². The summed E-state index contributed by atoms with van der Waals surface area (Å²) in [6.45, 7) is 2.34. The van der Waals surface area contributed by atoms with Gasteiger partial charge in [0, 0.05) is 18.2 Å². The largest absolute Gasteiger partial charge is 0.508 e. The van der Waals surface area contributed by atoms with Gasteiger partial charge in [0.05, 0.1) is 13.2 Å². The van der Waals surface area contributed by atoms with Crippen LogP contribution in [0.15, 0.2) is 48.5 Å². The first-order chi connectivity index (χ1) is 10.1. The fourth-order valence-corrected chi connectivity index (χ4v) is 2.20. The van der Waals surface area contributed by atoms with Gasteiger partial charge in [0.15, 0.2) is 0 Å². The lowest BCUT2D eigenvalue weighted by molar-refractivity contribution is 0.170. The second-order valence-corrected chi connectivity index (χ2v) is 4.98. The minimum atomic E-state index is -0.582. The molecule has 0 saturated carbocycles. The highest BCUT2D eigenvalue weighted by molar-refractivity contribution is 5.41. The Bertz CT molecular complexity index is 572. The predicted molar refractivity (Wildman–Crippen MR) is 82.5 cm³/mol. The van der Waals surface area contributed by atoms with E-state index < -0.39 is 6.10 Å². The molecule has 2 aromatic carbocycles. The van der Waals surface area contributed by atoms with Crippen molar-refractivity contribution in [2.45, 2.75) is 19.1 Å². The minimum Gasteiger partial charge on any atom is -0.508 e. The monoisotopic (exact) mass is 287 g/mol. The molecule has 0 bridgehead atoms. The highest BCUT2D eigenvalue weighted by atomic mass is 16.5. The van der Waals surface area contributed by atoms with E-state index in [0.717, 1.165) is 11.1 Å². The van der Waals surface area contributed by atoms with E-state index >= 15 is 0 Å². The summed E-state index contributed by atoms with van der Waals surface area (Å²) in [4.78, 5) is 0. The number of phenolic OH excluding ortho intramolecular Hbond substituents is 1. The maximum atomic E-state index is 10.1. The van der Waals surface area contributed by atoms with E-state index in [9.17, 15) is 10.2 Å². The third-order valence-electron chi connectivity index (χ3n) is 3.50. The molecule has 0 saturated heterocycles. The van der Waals surface area contributed by atoms with Crippen molar-refractivity contribution >= 4 is 0 Å². The molecule has 3 N–H and O–H groups in total. The molecular weight excluding hydrogens is 266 g/mol. The fraction of sp³-hybridized carbons (Fsp3) is 0.294. The average molecular weight is 287 g/mol.